The first-order valence-corrected chi connectivity index (χ1v) is 5.03. The molecule has 0 aliphatic rings. The molecular formula is C10H12F2N2OS. The number of anilines is 1. The van der Waals surface area contributed by atoms with Gasteiger partial charge in [-0.3, -0.25) is 0 Å². The Morgan fingerprint density at radius 1 is 1.38 bits per heavy atom. The van der Waals surface area contributed by atoms with Crippen LogP contribution in [0.2, 0.25) is 0 Å². The Morgan fingerprint density at radius 3 is 2.25 bits per heavy atom. The topological polar surface area (TPSA) is 47.3 Å². The van der Waals surface area contributed by atoms with Gasteiger partial charge in [0, 0.05) is 17.8 Å². The highest BCUT2D eigenvalue weighted by Gasteiger charge is 2.14. The highest BCUT2D eigenvalue weighted by molar-refractivity contribution is 7.80. The van der Waals surface area contributed by atoms with Crippen molar-refractivity contribution in [2.24, 2.45) is 5.73 Å². The van der Waals surface area contributed by atoms with Crippen molar-refractivity contribution >= 4 is 23.0 Å². The fraction of sp³-hybridized carbons (Fsp3) is 0.300. The minimum absolute atomic E-state index is 0.0590. The van der Waals surface area contributed by atoms with Gasteiger partial charge in [-0.05, 0) is 26.1 Å². The molecule has 0 unspecified atom stereocenters. The van der Waals surface area contributed by atoms with E-state index in [1.807, 2.05) is 0 Å². The molecule has 0 spiro atoms. The van der Waals surface area contributed by atoms with Crippen molar-refractivity contribution in [3.05, 3.63) is 23.8 Å². The molecule has 0 aliphatic carbocycles. The van der Waals surface area contributed by atoms with Crippen LogP contribution in [0.15, 0.2) is 12.1 Å². The van der Waals surface area contributed by atoms with E-state index in [0.717, 1.165) is 12.1 Å². The van der Waals surface area contributed by atoms with E-state index in [1.165, 1.54) is 0 Å². The van der Waals surface area contributed by atoms with Gasteiger partial charge in [0.2, 0.25) is 0 Å². The fourth-order valence-electron chi connectivity index (χ4n) is 1.12. The number of hydrogen-bond donors (Lipinski definition) is 2. The van der Waals surface area contributed by atoms with Crippen LogP contribution in [-0.2, 0) is 0 Å². The van der Waals surface area contributed by atoms with Crippen LogP contribution in [-0.4, -0.2) is 11.2 Å². The van der Waals surface area contributed by atoms with Gasteiger partial charge in [-0.15, -0.1) is 0 Å². The number of benzene rings is 1. The van der Waals surface area contributed by atoms with Crippen molar-refractivity contribution in [2.75, 3.05) is 5.32 Å². The summed E-state index contributed by atoms with van der Waals surface area (Å²) in [6.07, 6.45) is -0.307. The molecule has 3 N–H and O–H groups in total. The van der Waals surface area contributed by atoms with Gasteiger partial charge in [0.25, 0.3) is 0 Å². The van der Waals surface area contributed by atoms with Crippen LogP contribution in [0.25, 0.3) is 0 Å². The Morgan fingerprint density at radius 2 is 1.88 bits per heavy atom. The monoisotopic (exact) mass is 246 g/mol. The molecule has 0 bridgehead atoms. The lowest BCUT2D eigenvalue weighted by Crippen LogP contribution is -2.19. The first-order chi connectivity index (χ1) is 7.40. The molecule has 0 amide bonds. The molecular weight excluding hydrogens is 234 g/mol. The lowest BCUT2D eigenvalue weighted by atomic mass is 10.2. The predicted molar refractivity (Wildman–Crippen MR) is 62.5 cm³/mol. The van der Waals surface area contributed by atoms with Gasteiger partial charge in [0.05, 0.1) is 6.10 Å². The van der Waals surface area contributed by atoms with Crippen LogP contribution in [0.1, 0.15) is 13.8 Å². The van der Waals surface area contributed by atoms with E-state index in [1.54, 1.807) is 13.8 Å². The van der Waals surface area contributed by atoms with Gasteiger partial charge in [-0.2, -0.15) is 0 Å². The fourth-order valence-corrected chi connectivity index (χ4v) is 1.24. The van der Waals surface area contributed by atoms with E-state index in [9.17, 15) is 8.78 Å². The molecule has 0 aliphatic heterocycles. The first-order valence-electron chi connectivity index (χ1n) is 4.62. The van der Waals surface area contributed by atoms with Crippen molar-refractivity contribution in [3.8, 4) is 5.75 Å². The van der Waals surface area contributed by atoms with Gasteiger partial charge in [-0.25, -0.2) is 8.78 Å². The summed E-state index contributed by atoms with van der Waals surface area (Å²) < 4.78 is 31.9. The average molecular weight is 246 g/mol. The molecule has 6 heteroatoms. The highest BCUT2D eigenvalue weighted by Crippen LogP contribution is 2.26. The van der Waals surface area contributed by atoms with Gasteiger partial charge >= 0.3 is 0 Å². The number of rotatable bonds is 3. The third kappa shape index (κ3) is 3.30. The second-order valence-corrected chi connectivity index (χ2v) is 3.86. The maximum Gasteiger partial charge on any atom is 0.191 e. The van der Waals surface area contributed by atoms with E-state index in [-0.39, 0.29) is 16.9 Å². The van der Waals surface area contributed by atoms with Gasteiger partial charge in [0.1, 0.15) is 0 Å². The molecule has 1 aromatic carbocycles. The van der Waals surface area contributed by atoms with Crippen molar-refractivity contribution < 1.29 is 13.5 Å². The Kier molecular flexibility index (Phi) is 4.00. The van der Waals surface area contributed by atoms with Gasteiger partial charge < -0.3 is 15.8 Å². The first kappa shape index (κ1) is 12.6. The number of halogens is 2. The zero-order valence-electron chi connectivity index (χ0n) is 8.88. The molecule has 1 aromatic rings. The molecule has 3 nitrogen and oxygen atoms in total. The molecule has 1 rings (SSSR count). The lowest BCUT2D eigenvalue weighted by molar-refractivity contribution is 0.219. The zero-order chi connectivity index (χ0) is 12.3. The van der Waals surface area contributed by atoms with E-state index >= 15 is 0 Å². The standard InChI is InChI=1S/C10H12F2N2OS/c1-5(2)15-9-7(11)3-6(4-8(9)12)14-10(13)16/h3-5H,1-2H3,(H3,13,14,16). The largest absolute Gasteiger partial charge is 0.485 e. The Hall–Kier alpha value is -1.43. The molecule has 88 valence electrons. The minimum Gasteiger partial charge on any atom is -0.485 e. The van der Waals surface area contributed by atoms with Crippen LogP contribution in [0.4, 0.5) is 14.5 Å². The molecule has 0 saturated carbocycles. The summed E-state index contributed by atoms with van der Waals surface area (Å²) in [4.78, 5) is 0. The normalized spacial score (nSPS) is 10.3. The van der Waals surface area contributed by atoms with Crippen LogP contribution in [0.3, 0.4) is 0 Å². The Balaban J connectivity index is 3.02. The van der Waals surface area contributed by atoms with E-state index in [0.29, 0.717) is 0 Å². The Labute approximate surface area is 97.6 Å². The summed E-state index contributed by atoms with van der Waals surface area (Å²) in [6.45, 7) is 3.36. The number of thiocarbonyl (C=S) groups is 1. The summed E-state index contributed by atoms with van der Waals surface area (Å²) in [5.74, 6) is -2.00. The van der Waals surface area contributed by atoms with Crippen LogP contribution >= 0.6 is 12.2 Å². The minimum atomic E-state index is -0.799. The maximum absolute atomic E-state index is 13.4. The zero-order valence-corrected chi connectivity index (χ0v) is 9.70. The second kappa shape index (κ2) is 5.07. The molecule has 0 atom stereocenters. The number of nitrogens with two attached hydrogens (primary N) is 1. The summed E-state index contributed by atoms with van der Waals surface area (Å²) >= 11 is 4.56. The van der Waals surface area contributed by atoms with Gasteiger partial charge in [0.15, 0.2) is 22.5 Å². The highest BCUT2D eigenvalue weighted by atomic mass is 32.1. The molecule has 0 saturated heterocycles. The number of hydrogen-bond acceptors (Lipinski definition) is 2. The summed E-state index contributed by atoms with van der Waals surface area (Å²) in [6, 6.07) is 2.14. The molecule has 0 radical (unpaired) electrons. The maximum atomic E-state index is 13.4. The summed E-state index contributed by atoms with van der Waals surface area (Å²) in [5.41, 5.74) is 5.34. The second-order valence-electron chi connectivity index (χ2n) is 3.42. The molecule has 0 fully saturated rings. The van der Waals surface area contributed by atoms with E-state index < -0.39 is 17.4 Å². The third-order valence-corrected chi connectivity index (χ3v) is 1.72. The summed E-state index contributed by atoms with van der Waals surface area (Å²) in [5, 5.41) is 2.38. The van der Waals surface area contributed by atoms with E-state index in [2.05, 4.69) is 17.5 Å². The van der Waals surface area contributed by atoms with Crippen LogP contribution in [0.5, 0.6) is 5.75 Å². The third-order valence-electron chi connectivity index (χ3n) is 1.62. The van der Waals surface area contributed by atoms with Crippen LogP contribution < -0.4 is 15.8 Å². The molecule has 16 heavy (non-hydrogen) atoms. The number of nitrogens with one attached hydrogen (secondary N) is 1. The smallest absolute Gasteiger partial charge is 0.191 e. The lowest BCUT2D eigenvalue weighted by Gasteiger charge is -2.13. The predicted octanol–water partition coefficient (Wildman–Crippen LogP) is 2.41. The average Bonchev–Trinajstić information content (AvgIpc) is 2.10. The van der Waals surface area contributed by atoms with Crippen molar-refractivity contribution in [3.63, 3.8) is 0 Å². The molecule has 0 aromatic heterocycles. The van der Waals surface area contributed by atoms with Crippen molar-refractivity contribution in [1.29, 1.82) is 0 Å². The quantitative estimate of drug-likeness (QED) is 0.804. The number of ether oxygens (including phenoxy) is 1. The van der Waals surface area contributed by atoms with Crippen molar-refractivity contribution in [1.82, 2.24) is 0 Å². The van der Waals surface area contributed by atoms with E-state index in [4.69, 9.17) is 10.5 Å². The van der Waals surface area contributed by atoms with Crippen molar-refractivity contribution in [2.45, 2.75) is 20.0 Å². The molecule has 0 heterocycles. The summed E-state index contributed by atoms with van der Waals surface area (Å²) in [7, 11) is 0. The SMILES string of the molecule is CC(C)Oc1c(F)cc(NC(N)=S)cc1F. The van der Waals surface area contributed by atoms with Crippen LogP contribution in [0, 0.1) is 11.6 Å². The van der Waals surface area contributed by atoms with Gasteiger partial charge in [-0.1, -0.05) is 0 Å². The Bertz CT molecular complexity index is 387.